The maximum Gasteiger partial charge on any atom is 0.337 e. The van der Waals surface area contributed by atoms with Crippen molar-refractivity contribution in [1.82, 2.24) is 0 Å². The summed E-state index contributed by atoms with van der Waals surface area (Å²) >= 11 is 12.8. The largest absolute Gasteiger partial charge is 0.496 e. The van der Waals surface area contributed by atoms with Crippen LogP contribution in [0, 0.1) is 0 Å². The lowest BCUT2D eigenvalue weighted by atomic mass is 10.0. The predicted octanol–water partition coefficient (Wildman–Crippen LogP) is 6.96. The highest BCUT2D eigenvalue weighted by Gasteiger charge is 2.16. The molecule has 0 radical (unpaired) electrons. The van der Waals surface area contributed by atoms with Gasteiger partial charge >= 0.3 is 5.97 Å². The van der Waals surface area contributed by atoms with E-state index in [0.717, 1.165) is 11.3 Å². The van der Waals surface area contributed by atoms with E-state index < -0.39 is 11.9 Å². The molecule has 0 atom stereocenters. The summed E-state index contributed by atoms with van der Waals surface area (Å²) in [5.74, 6) is 0.854. The summed E-state index contributed by atoms with van der Waals surface area (Å²) < 4.78 is 16.0. The van der Waals surface area contributed by atoms with Crippen molar-refractivity contribution in [3.63, 3.8) is 0 Å². The topological polar surface area (TPSA) is 73.9 Å². The first-order valence-corrected chi connectivity index (χ1v) is 10.8. The van der Waals surface area contributed by atoms with E-state index in [2.05, 4.69) is 23.9 Å². The quantitative estimate of drug-likeness (QED) is 0.364. The van der Waals surface area contributed by atoms with Crippen molar-refractivity contribution in [1.29, 1.82) is 0 Å². The third-order valence-electron chi connectivity index (χ3n) is 4.85. The van der Waals surface area contributed by atoms with Crippen LogP contribution < -0.4 is 14.8 Å². The number of carbonyl (C=O) groups excluding carboxylic acids is 2. The number of rotatable bonds is 7. The number of benzene rings is 3. The lowest BCUT2D eigenvalue weighted by molar-refractivity contribution is 0.0600. The molecule has 0 bridgehead atoms. The predicted molar refractivity (Wildman–Crippen MR) is 129 cm³/mol. The summed E-state index contributed by atoms with van der Waals surface area (Å²) in [5, 5.41) is 3.17. The summed E-state index contributed by atoms with van der Waals surface area (Å²) in [7, 11) is 2.90. The highest BCUT2D eigenvalue weighted by molar-refractivity contribution is 6.37. The molecule has 0 aliphatic rings. The molecule has 0 spiro atoms. The zero-order valence-electron chi connectivity index (χ0n) is 18.6. The minimum absolute atomic E-state index is 0.225. The van der Waals surface area contributed by atoms with Crippen LogP contribution in [0.4, 0.5) is 5.69 Å². The van der Waals surface area contributed by atoms with Gasteiger partial charge in [-0.25, -0.2) is 4.79 Å². The van der Waals surface area contributed by atoms with E-state index in [1.54, 1.807) is 31.4 Å². The van der Waals surface area contributed by atoms with Gasteiger partial charge in [-0.1, -0.05) is 43.1 Å². The van der Waals surface area contributed by atoms with E-state index >= 15 is 0 Å². The fourth-order valence-corrected chi connectivity index (χ4v) is 3.75. The Bertz CT molecular complexity index is 1170. The normalized spacial score (nSPS) is 10.6. The van der Waals surface area contributed by atoms with Crippen LogP contribution in [-0.2, 0) is 4.74 Å². The fourth-order valence-electron chi connectivity index (χ4n) is 3.18. The Hall–Kier alpha value is -3.22. The van der Waals surface area contributed by atoms with Gasteiger partial charge in [0.15, 0.2) is 5.75 Å². The summed E-state index contributed by atoms with van der Waals surface area (Å²) in [6.07, 6.45) is 0. The SMILES string of the molecule is COC(=O)c1cccc(C(=O)Nc2cc(Cl)c(Oc3ccc(OC)c(C(C)C)c3)c(Cl)c2)c1. The van der Waals surface area contributed by atoms with E-state index in [1.165, 1.54) is 25.3 Å². The van der Waals surface area contributed by atoms with Crippen molar-refractivity contribution >= 4 is 40.8 Å². The maximum absolute atomic E-state index is 12.6. The van der Waals surface area contributed by atoms with E-state index in [4.69, 9.17) is 32.7 Å². The molecule has 172 valence electrons. The first kappa shape index (κ1) is 24.4. The van der Waals surface area contributed by atoms with Gasteiger partial charge in [-0.15, -0.1) is 0 Å². The fraction of sp³-hybridized carbons (Fsp3) is 0.200. The number of methoxy groups -OCH3 is 2. The number of carbonyl (C=O) groups is 2. The molecule has 33 heavy (non-hydrogen) atoms. The second-order valence-electron chi connectivity index (χ2n) is 7.46. The van der Waals surface area contributed by atoms with Crippen molar-refractivity contribution < 1.29 is 23.8 Å². The molecule has 3 aromatic carbocycles. The highest BCUT2D eigenvalue weighted by Crippen LogP contribution is 2.40. The van der Waals surface area contributed by atoms with Gasteiger partial charge in [-0.3, -0.25) is 4.79 Å². The Morgan fingerprint density at radius 2 is 1.58 bits per heavy atom. The number of hydrogen-bond donors (Lipinski definition) is 1. The van der Waals surface area contributed by atoms with Crippen LogP contribution in [-0.4, -0.2) is 26.1 Å². The average molecular weight is 488 g/mol. The summed E-state index contributed by atoms with van der Waals surface area (Å²) in [5.41, 5.74) is 1.92. The number of ether oxygens (including phenoxy) is 3. The summed E-state index contributed by atoms with van der Waals surface area (Å²) in [4.78, 5) is 24.4. The first-order chi connectivity index (χ1) is 15.7. The van der Waals surface area contributed by atoms with Gasteiger partial charge < -0.3 is 19.5 Å². The Labute approximate surface area is 202 Å². The second kappa shape index (κ2) is 10.6. The second-order valence-corrected chi connectivity index (χ2v) is 8.27. The van der Waals surface area contributed by atoms with E-state index in [9.17, 15) is 9.59 Å². The van der Waals surface area contributed by atoms with Gasteiger partial charge in [0.05, 0.1) is 29.8 Å². The monoisotopic (exact) mass is 487 g/mol. The number of nitrogens with one attached hydrogen (secondary N) is 1. The van der Waals surface area contributed by atoms with Crippen LogP contribution in [0.5, 0.6) is 17.2 Å². The zero-order valence-corrected chi connectivity index (χ0v) is 20.1. The number of anilines is 1. The van der Waals surface area contributed by atoms with Crippen LogP contribution in [0.3, 0.4) is 0 Å². The minimum atomic E-state index is -0.531. The van der Waals surface area contributed by atoms with Crippen molar-refractivity contribution in [2.45, 2.75) is 19.8 Å². The molecule has 1 amide bonds. The molecule has 0 aromatic heterocycles. The number of amides is 1. The molecule has 0 aliphatic heterocycles. The van der Waals surface area contributed by atoms with E-state index in [1.807, 2.05) is 12.1 Å². The molecule has 1 N–H and O–H groups in total. The molecule has 0 saturated carbocycles. The van der Waals surface area contributed by atoms with E-state index in [0.29, 0.717) is 11.4 Å². The molecule has 3 aromatic rings. The molecule has 0 unspecified atom stereocenters. The van der Waals surface area contributed by atoms with Gasteiger partial charge in [-0.2, -0.15) is 0 Å². The van der Waals surface area contributed by atoms with Crippen molar-refractivity contribution in [3.8, 4) is 17.2 Å². The molecule has 0 saturated heterocycles. The highest BCUT2D eigenvalue weighted by atomic mass is 35.5. The molecule has 0 aliphatic carbocycles. The number of esters is 1. The van der Waals surface area contributed by atoms with Crippen LogP contribution >= 0.6 is 23.2 Å². The smallest absolute Gasteiger partial charge is 0.337 e. The van der Waals surface area contributed by atoms with E-state index in [-0.39, 0.29) is 32.8 Å². The average Bonchev–Trinajstić information content (AvgIpc) is 2.80. The minimum Gasteiger partial charge on any atom is -0.496 e. The summed E-state index contributed by atoms with van der Waals surface area (Å²) in [6.45, 7) is 4.11. The molecule has 8 heteroatoms. The van der Waals surface area contributed by atoms with Crippen LogP contribution in [0.2, 0.25) is 10.0 Å². The lowest BCUT2D eigenvalue weighted by Gasteiger charge is -2.16. The standard InChI is InChI=1S/C25H23Cl2NO5/c1-14(2)19-13-18(8-9-22(19)31-3)33-23-20(26)11-17(12-21(23)27)28-24(29)15-6-5-7-16(10-15)25(30)32-4/h5-14H,1-4H3,(H,28,29). The maximum atomic E-state index is 12.6. The van der Waals surface area contributed by atoms with Crippen LogP contribution in [0.1, 0.15) is 46.0 Å². The van der Waals surface area contributed by atoms with Gasteiger partial charge in [0.25, 0.3) is 5.91 Å². The molecular weight excluding hydrogens is 465 g/mol. The first-order valence-electron chi connectivity index (χ1n) is 10.1. The molecule has 6 nitrogen and oxygen atoms in total. The van der Waals surface area contributed by atoms with Gasteiger partial charge in [0.2, 0.25) is 0 Å². The lowest BCUT2D eigenvalue weighted by Crippen LogP contribution is -2.13. The number of hydrogen-bond acceptors (Lipinski definition) is 5. The molecule has 3 rings (SSSR count). The third kappa shape index (κ3) is 5.78. The van der Waals surface area contributed by atoms with Crippen molar-refractivity contribution in [3.05, 3.63) is 81.3 Å². The van der Waals surface area contributed by atoms with Crippen molar-refractivity contribution in [2.75, 3.05) is 19.5 Å². The molecule has 0 heterocycles. The summed E-state index contributed by atoms with van der Waals surface area (Å²) in [6, 6.07) is 14.7. The Morgan fingerprint density at radius 3 is 2.18 bits per heavy atom. The molecular formula is C25H23Cl2NO5. The van der Waals surface area contributed by atoms with Gasteiger partial charge in [-0.05, 0) is 54.4 Å². The van der Waals surface area contributed by atoms with Gasteiger partial charge in [0.1, 0.15) is 11.5 Å². The Balaban J connectivity index is 1.82. The van der Waals surface area contributed by atoms with Crippen LogP contribution in [0.15, 0.2) is 54.6 Å². The third-order valence-corrected chi connectivity index (χ3v) is 5.41. The van der Waals surface area contributed by atoms with Crippen molar-refractivity contribution in [2.24, 2.45) is 0 Å². The van der Waals surface area contributed by atoms with Crippen LogP contribution in [0.25, 0.3) is 0 Å². The zero-order chi connectivity index (χ0) is 24.1. The number of halogens is 2. The Morgan fingerprint density at radius 1 is 0.909 bits per heavy atom. The Kier molecular flexibility index (Phi) is 7.84. The molecule has 0 fully saturated rings. The van der Waals surface area contributed by atoms with Gasteiger partial charge in [0, 0.05) is 16.8 Å².